The van der Waals surface area contributed by atoms with Gasteiger partial charge in [0.05, 0.1) is 10.6 Å². The fourth-order valence-corrected chi connectivity index (χ4v) is 2.63. The van der Waals surface area contributed by atoms with Crippen LogP contribution in [0.5, 0.6) is 5.75 Å². The molecule has 0 saturated carbocycles. The third-order valence-corrected chi connectivity index (χ3v) is 4.14. The van der Waals surface area contributed by atoms with Crippen LogP contribution in [0.25, 0.3) is 5.70 Å². The molecule has 0 fully saturated rings. The first-order chi connectivity index (χ1) is 13.6. The summed E-state index contributed by atoms with van der Waals surface area (Å²) in [5.41, 5.74) is 11.7. The molecule has 1 heterocycles. The van der Waals surface area contributed by atoms with Crippen molar-refractivity contribution >= 4 is 23.2 Å². The highest BCUT2D eigenvalue weighted by atomic mass is 16.6. The van der Waals surface area contributed by atoms with E-state index in [2.05, 4.69) is 22.5 Å². The van der Waals surface area contributed by atoms with E-state index in [4.69, 9.17) is 10.5 Å². The number of hydrogen-bond donors (Lipinski definition) is 3. The molecule has 1 aromatic heterocycles. The highest BCUT2D eigenvalue weighted by Gasteiger charge is 2.27. The fraction of sp³-hybridized carbons (Fsp3) is 0.278. The summed E-state index contributed by atoms with van der Waals surface area (Å²) >= 11 is 0. The van der Waals surface area contributed by atoms with Crippen LogP contribution in [0.15, 0.2) is 30.8 Å². The van der Waals surface area contributed by atoms with E-state index >= 15 is 0 Å². The zero-order valence-electron chi connectivity index (χ0n) is 16.3. The van der Waals surface area contributed by atoms with Crippen LogP contribution in [-0.2, 0) is 9.59 Å². The molecule has 11 heteroatoms. The maximum Gasteiger partial charge on any atom is 0.312 e. The Morgan fingerprint density at radius 2 is 1.93 bits per heavy atom. The Labute approximate surface area is 166 Å². The first-order valence-corrected chi connectivity index (χ1v) is 8.58. The quantitative estimate of drug-likeness (QED) is 0.419. The summed E-state index contributed by atoms with van der Waals surface area (Å²) < 4.78 is 6.47. The number of nitrogens with zero attached hydrogens (tertiary/aromatic N) is 3. The van der Waals surface area contributed by atoms with Crippen LogP contribution in [0.3, 0.4) is 0 Å². The second-order valence-corrected chi connectivity index (χ2v) is 6.27. The zero-order valence-corrected chi connectivity index (χ0v) is 16.3. The molecule has 0 saturated heterocycles. The van der Waals surface area contributed by atoms with E-state index in [0.29, 0.717) is 22.7 Å². The largest absolute Gasteiger partial charge is 0.484 e. The van der Waals surface area contributed by atoms with Crippen LogP contribution in [0.2, 0.25) is 0 Å². The van der Waals surface area contributed by atoms with E-state index in [0.717, 1.165) is 0 Å². The SMILES string of the molecule is C=C(NNC(=O)[C@H](C)n1nc(C)c([N+](=O)[O-])c1C)c1ccc(OCC(N)=O)cc1. The monoisotopic (exact) mass is 402 g/mol. The summed E-state index contributed by atoms with van der Waals surface area (Å²) in [6, 6.07) is 5.85. The fourth-order valence-electron chi connectivity index (χ4n) is 2.63. The lowest BCUT2D eigenvalue weighted by Crippen LogP contribution is -2.40. The number of nitrogens with one attached hydrogen (secondary N) is 2. The predicted molar refractivity (Wildman–Crippen MR) is 105 cm³/mol. The summed E-state index contributed by atoms with van der Waals surface area (Å²) in [5.74, 6) is -0.567. The molecule has 4 N–H and O–H groups in total. The molecule has 1 aromatic carbocycles. The van der Waals surface area contributed by atoms with E-state index in [1.807, 2.05) is 0 Å². The molecule has 0 aliphatic carbocycles. The minimum absolute atomic E-state index is 0.110. The lowest BCUT2D eigenvalue weighted by molar-refractivity contribution is -0.386. The lowest BCUT2D eigenvalue weighted by atomic mass is 10.2. The van der Waals surface area contributed by atoms with Gasteiger partial charge in [0.15, 0.2) is 6.61 Å². The van der Waals surface area contributed by atoms with Gasteiger partial charge in [0, 0.05) is 0 Å². The number of carbonyl (C=O) groups excluding carboxylic acids is 2. The molecular formula is C18H22N6O5. The number of hydrogen-bond acceptors (Lipinski definition) is 7. The number of nitro groups is 1. The van der Waals surface area contributed by atoms with Gasteiger partial charge < -0.3 is 10.5 Å². The van der Waals surface area contributed by atoms with Crippen molar-refractivity contribution in [1.29, 1.82) is 0 Å². The van der Waals surface area contributed by atoms with Gasteiger partial charge in [-0.25, -0.2) is 0 Å². The standard InChI is InChI=1S/C18H22N6O5/c1-10(14-5-7-15(8-6-14)29-9-16(19)25)20-21-18(26)13(4)23-12(3)17(24(27)28)11(2)22-23/h5-8,13,20H,1,9H2,2-4H3,(H2,19,25)(H,21,26)/t13-/m0/s1. The maximum atomic E-state index is 12.4. The second-order valence-electron chi connectivity index (χ2n) is 6.27. The van der Waals surface area contributed by atoms with Gasteiger partial charge in [-0.3, -0.25) is 35.2 Å². The van der Waals surface area contributed by atoms with Gasteiger partial charge in [-0.1, -0.05) is 6.58 Å². The van der Waals surface area contributed by atoms with Gasteiger partial charge in [-0.15, -0.1) is 0 Å². The van der Waals surface area contributed by atoms with E-state index in [9.17, 15) is 19.7 Å². The molecule has 2 amide bonds. The first-order valence-electron chi connectivity index (χ1n) is 8.58. The van der Waals surface area contributed by atoms with E-state index in [1.54, 1.807) is 31.2 Å². The summed E-state index contributed by atoms with van der Waals surface area (Å²) in [6.45, 7) is 8.25. The maximum absolute atomic E-state index is 12.4. The van der Waals surface area contributed by atoms with Crippen LogP contribution in [0.1, 0.15) is 29.9 Å². The zero-order chi connectivity index (χ0) is 21.7. The Kier molecular flexibility index (Phi) is 6.55. The predicted octanol–water partition coefficient (Wildman–Crippen LogP) is 1.12. The van der Waals surface area contributed by atoms with Crippen molar-refractivity contribution in [2.75, 3.05) is 6.61 Å². The molecule has 0 aliphatic rings. The van der Waals surface area contributed by atoms with Gasteiger partial charge in [0.25, 0.3) is 11.8 Å². The van der Waals surface area contributed by atoms with Crippen molar-refractivity contribution < 1.29 is 19.2 Å². The molecule has 0 aliphatic heterocycles. The lowest BCUT2D eigenvalue weighted by Gasteiger charge is -2.16. The normalized spacial score (nSPS) is 11.4. The molecule has 0 bridgehead atoms. The first kappa shape index (κ1) is 21.4. The Morgan fingerprint density at radius 1 is 1.31 bits per heavy atom. The van der Waals surface area contributed by atoms with Crippen LogP contribution in [0, 0.1) is 24.0 Å². The van der Waals surface area contributed by atoms with Gasteiger partial charge in [-0.2, -0.15) is 5.10 Å². The molecule has 0 spiro atoms. The summed E-state index contributed by atoms with van der Waals surface area (Å²) in [4.78, 5) is 33.7. The smallest absolute Gasteiger partial charge is 0.312 e. The number of carbonyl (C=O) groups is 2. The average molecular weight is 402 g/mol. The molecule has 154 valence electrons. The summed E-state index contributed by atoms with van der Waals surface area (Å²) in [6.07, 6.45) is 0. The molecule has 1 atom stereocenters. The van der Waals surface area contributed by atoms with Crippen molar-refractivity contribution in [3.05, 3.63) is 57.9 Å². The van der Waals surface area contributed by atoms with Crippen LogP contribution in [-0.4, -0.2) is 33.1 Å². The van der Waals surface area contributed by atoms with Crippen molar-refractivity contribution in [3.63, 3.8) is 0 Å². The number of primary amides is 1. The minimum atomic E-state index is -0.785. The molecule has 2 rings (SSSR count). The number of rotatable bonds is 9. The number of aromatic nitrogens is 2. The third kappa shape index (κ3) is 5.09. The molecule has 0 unspecified atom stereocenters. The number of ether oxygens (including phenoxy) is 1. The van der Waals surface area contributed by atoms with Crippen molar-refractivity contribution in [3.8, 4) is 5.75 Å². The Hall–Kier alpha value is -3.89. The number of nitrogens with two attached hydrogens (primary N) is 1. The van der Waals surface area contributed by atoms with Gasteiger partial charge in [0.1, 0.15) is 23.2 Å². The summed E-state index contributed by atoms with van der Waals surface area (Å²) in [5, 5.41) is 15.2. The second kappa shape index (κ2) is 8.87. The Balaban J connectivity index is 1.98. The molecule has 2 aromatic rings. The number of amides is 2. The van der Waals surface area contributed by atoms with Gasteiger partial charge in [0.2, 0.25) is 0 Å². The van der Waals surface area contributed by atoms with E-state index in [-0.39, 0.29) is 18.0 Å². The molecule has 0 radical (unpaired) electrons. The minimum Gasteiger partial charge on any atom is -0.484 e. The van der Waals surface area contributed by atoms with E-state index in [1.165, 1.54) is 18.5 Å². The van der Waals surface area contributed by atoms with E-state index < -0.39 is 22.8 Å². The van der Waals surface area contributed by atoms with Crippen molar-refractivity contribution in [2.45, 2.75) is 26.8 Å². The highest BCUT2D eigenvalue weighted by Crippen LogP contribution is 2.24. The van der Waals surface area contributed by atoms with Crippen molar-refractivity contribution in [1.82, 2.24) is 20.6 Å². The van der Waals surface area contributed by atoms with Gasteiger partial charge >= 0.3 is 5.69 Å². The number of hydrazine groups is 1. The van der Waals surface area contributed by atoms with Crippen molar-refractivity contribution in [2.24, 2.45) is 5.73 Å². The van der Waals surface area contributed by atoms with Crippen LogP contribution < -0.4 is 21.3 Å². The topological polar surface area (TPSA) is 154 Å². The Bertz CT molecular complexity index is 950. The molecular weight excluding hydrogens is 380 g/mol. The highest BCUT2D eigenvalue weighted by molar-refractivity contribution is 5.81. The third-order valence-electron chi connectivity index (χ3n) is 4.14. The molecule has 11 nitrogen and oxygen atoms in total. The van der Waals surface area contributed by atoms with Crippen LogP contribution >= 0.6 is 0 Å². The molecule has 29 heavy (non-hydrogen) atoms. The number of benzene rings is 1. The van der Waals surface area contributed by atoms with Crippen LogP contribution in [0.4, 0.5) is 5.69 Å². The number of aryl methyl sites for hydroxylation is 1. The summed E-state index contributed by atoms with van der Waals surface area (Å²) in [7, 11) is 0. The van der Waals surface area contributed by atoms with Gasteiger partial charge in [-0.05, 0) is 50.6 Å². The Morgan fingerprint density at radius 3 is 2.45 bits per heavy atom. The average Bonchev–Trinajstić information content (AvgIpc) is 2.98.